The van der Waals surface area contributed by atoms with Gasteiger partial charge in [0.25, 0.3) is 0 Å². The number of ether oxygens (including phenoxy) is 1. The van der Waals surface area contributed by atoms with Crippen LogP contribution in [0.15, 0.2) is 6.33 Å². The van der Waals surface area contributed by atoms with Gasteiger partial charge < -0.3 is 4.74 Å². The van der Waals surface area contributed by atoms with Crippen molar-refractivity contribution in [3.63, 3.8) is 0 Å². The molecule has 12 heavy (non-hydrogen) atoms. The monoisotopic (exact) mass is 211 g/mol. The molecule has 0 bridgehead atoms. The lowest BCUT2D eigenvalue weighted by atomic mass is 10.6. The molecule has 0 aliphatic rings. The maximum absolute atomic E-state index is 5.59. The number of alkyl halides is 1. The Hall–Kier alpha value is -0.320. The summed E-state index contributed by atoms with van der Waals surface area (Å²) < 4.78 is 6.62. The molecule has 0 saturated carbocycles. The number of hydrogen-bond acceptors (Lipinski definition) is 3. The van der Waals surface area contributed by atoms with Gasteiger partial charge in [0, 0.05) is 7.11 Å². The molecule has 1 rings (SSSR count). The second-order valence-electron chi connectivity index (χ2n) is 2.03. The standard InChI is InChI=1S/C6H10ClN3O.ClH/c1-11-3-2-10-6(4-7)8-5-9-10;/h5H,2-4H2,1H3;1H. The van der Waals surface area contributed by atoms with E-state index in [1.807, 2.05) is 0 Å². The van der Waals surface area contributed by atoms with E-state index in [9.17, 15) is 0 Å². The predicted molar refractivity (Wildman–Crippen MR) is 48.7 cm³/mol. The molecule has 0 atom stereocenters. The number of aromatic nitrogens is 3. The molecule has 1 aromatic heterocycles. The summed E-state index contributed by atoms with van der Waals surface area (Å²) >= 11 is 5.59. The van der Waals surface area contributed by atoms with Crippen LogP contribution in [0.4, 0.5) is 0 Å². The topological polar surface area (TPSA) is 39.9 Å². The van der Waals surface area contributed by atoms with Crippen molar-refractivity contribution in [1.82, 2.24) is 14.8 Å². The summed E-state index contributed by atoms with van der Waals surface area (Å²) in [4.78, 5) is 3.95. The molecule has 4 nitrogen and oxygen atoms in total. The van der Waals surface area contributed by atoms with Gasteiger partial charge in [0.15, 0.2) is 0 Å². The van der Waals surface area contributed by atoms with Gasteiger partial charge in [-0.25, -0.2) is 9.67 Å². The first kappa shape index (κ1) is 11.7. The van der Waals surface area contributed by atoms with Crippen molar-refractivity contribution in [2.45, 2.75) is 12.4 Å². The summed E-state index contributed by atoms with van der Waals surface area (Å²) in [5.74, 6) is 1.17. The fourth-order valence-electron chi connectivity index (χ4n) is 0.756. The summed E-state index contributed by atoms with van der Waals surface area (Å²) in [5.41, 5.74) is 0. The number of halogens is 2. The van der Waals surface area contributed by atoms with Gasteiger partial charge in [-0.05, 0) is 0 Å². The van der Waals surface area contributed by atoms with Crippen LogP contribution in [0.25, 0.3) is 0 Å². The van der Waals surface area contributed by atoms with Crippen LogP contribution in [0.5, 0.6) is 0 Å². The van der Waals surface area contributed by atoms with Crippen LogP contribution < -0.4 is 0 Å². The SMILES string of the molecule is COCCn1ncnc1CCl.Cl. The highest BCUT2D eigenvalue weighted by molar-refractivity contribution is 6.16. The number of rotatable bonds is 4. The number of methoxy groups -OCH3 is 1. The van der Waals surface area contributed by atoms with E-state index in [2.05, 4.69) is 10.1 Å². The van der Waals surface area contributed by atoms with E-state index in [0.29, 0.717) is 19.0 Å². The average Bonchev–Trinajstić information content (AvgIpc) is 2.47. The summed E-state index contributed by atoms with van der Waals surface area (Å²) in [6.45, 7) is 1.34. The van der Waals surface area contributed by atoms with E-state index < -0.39 is 0 Å². The minimum atomic E-state index is 0. The predicted octanol–water partition coefficient (Wildman–Crippen LogP) is 1.09. The molecule has 1 heterocycles. The molecule has 0 spiro atoms. The normalized spacial score (nSPS) is 9.50. The van der Waals surface area contributed by atoms with Crippen LogP contribution in [0.1, 0.15) is 5.82 Å². The van der Waals surface area contributed by atoms with E-state index in [1.165, 1.54) is 6.33 Å². The Bertz CT molecular complexity index is 216. The van der Waals surface area contributed by atoms with E-state index in [1.54, 1.807) is 11.8 Å². The molecule has 0 N–H and O–H groups in total. The van der Waals surface area contributed by atoms with Gasteiger partial charge in [0.1, 0.15) is 12.2 Å². The molecule has 0 aliphatic heterocycles. The molecular weight excluding hydrogens is 201 g/mol. The largest absolute Gasteiger partial charge is 0.383 e. The third kappa shape index (κ3) is 2.97. The van der Waals surface area contributed by atoms with Crippen LogP contribution in [-0.2, 0) is 17.2 Å². The highest BCUT2D eigenvalue weighted by atomic mass is 35.5. The highest BCUT2D eigenvalue weighted by Gasteiger charge is 2.00. The van der Waals surface area contributed by atoms with E-state index in [-0.39, 0.29) is 12.4 Å². The molecule has 0 amide bonds. The zero-order valence-corrected chi connectivity index (χ0v) is 8.31. The Morgan fingerprint density at radius 3 is 3.00 bits per heavy atom. The zero-order chi connectivity index (χ0) is 8.10. The minimum absolute atomic E-state index is 0. The molecule has 70 valence electrons. The lowest BCUT2D eigenvalue weighted by Gasteiger charge is -2.01. The molecular formula is C6H11Cl2N3O. The fraction of sp³-hybridized carbons (Fsp3) is 0.667. The number of nitrogens with zero attached hydrogens (tertiary/aromatic N) is 3. The molecule has 1 aromatic rings. The first-order valence-corrected chi connectivity index (χ1v) is 3.83. The average molecular weight is 212 g/mol. The molecule has 0 aromatic carbocycles. The summed E-state index contributed by atoms with van der Waals surface area (Å²) in [5, 5.41) is 3.97. The van der Waals surface area contributed by atoms with Crippen molar-refractivity contribution in [2.75, 3.05) is 13.7 Å². The maximum Gasteiger partial charge on any atom is 0.141 e. The lowest BCUT2D eigenvalue weighted by molar-refractivity contribution is 0.182. The Morgan fingerprint density at radius 1 is 1.67 bits per heavy atom. The lowest BCUT2D eigenvalue weighted by Crippen LogP contribution is -2.08. The minimum Gasteiger partial charge on any atom is -0.383 e. The smallest absolute Gasteiger partial charge is 0.141 e. The summed E-state index contributed by atoms with van der Waals surface area (Å²) in [6, 6.07) is 0. The van der Waals surface area contributed by atoms with Gasteiger partial charge in [-0.3, -0.25) is 0 Å². The van der Waals surface area contributed by atoms with Crippen molar-refractivity contribution in [3.8, 4) is 0 Å². The van der Waals surface area contributed by atoms with E-state index in [4.69, 9.17) is 16.3 Å². The van der Waals surface area contributed by atoms with Crippen LogP contribution >= 0.6 is 24.0 Å². The van der Waals surface area contributed by atoms with Crippen LogP contribution in [0.2, 0.25) is 0 Å². The van der Waals surface area contributed by atoms with Gasteiger partial charge in [-0.1, -0.05) is 0 Å². The third-order valence-electron chi connectivity index (χ3n) is 1.32. The molecule has 6 heteroatoms. The van der Waals surface area contributed by atoms with Crippen LogP contribution in [-0.4, -0.2) is 28.5 Å². The quantitative estimate of drug-likeness (QED) is 0.701. The van der Waals surface area contributed by atoms with Crippen molar-refractivity contribution in [2.24, 2.45) is 0 Å². The second-order valence-corrected chi connectivity index (χ2v) is 2.29. The first-order valence-electron chi connectivity index (χ1n) is 3.30. The van der Waals surface area contributed by atoms with Crippen molar-refractivity contribution in [3.05, 3.63) is 12.2 Å². The highest BCUT2D eigenvalue weighted by Crippen LogP contribution is 1.97. The van der Waals surface area contributed by atoms with Crippen LogP contribution in [0, 0.1) is 0 Å². The molecule has 0 radical (unpaired) electrons. The summed E-state index contributed by atoms with van der Waals surface area (Å²) in [7, 11) is 1.65. The van der Waals surface area contributed by atoms with Crippen molar-refractivity contribution < 1.29 is 4.74 Å². The number of hydrogen-bond donors (Lipinski definition) is 0. The first-order chi connectivity index (χ1) is 5.38. The Balaban J connectivity index is 0.00000121. The van der Waals surface area contributed by atoms with E-state index >= 15 is 0 Å². The third-order valence-corrected chi connectivity index (χ3v) is 1.56. The zero-order valence-electron chi connectivity index (χ0n) is 6.73. The Kier molecular flexibility index (Phi) is 6.06. The summed E-state index contributed by atoms with van der Waals surface area (Å²) in [6.07, 6.45) is 1.49. The second kappa shape index (κ2) is 6.22. The van der Waals surface area contributed by atoms with Gasteiger partial charge in [0.05, 0.1) is 19.0 Å². The molecule has 0 saturated heterocycles. The van der Waals surface area contributed by atoms with Gasteiger partial charge >= 0.3 is 0 Å². The van der Waals surface area contributed by atoms with Crippen LogP contribution in [0.3, 0.4) is 0 Å². The van der Waals surface area contributed by atoms with Gasteiger partial charge in [0.2, 0.25) is 0 Å². The van der Waals surface area contributed by atoms with Gasteiger partial charge in [-0.15, -0.1) is 24.0 Å². The van der Waals surface area contributed by atoms with Crippen molar-refractivity contribution >= 4 is 24.0 Å². The van der Waals surface area contributed by atoms with E-state index in [0.717, 1.165) is 5.82 Å². The molecule has 0 fully saturated rings. The molecule has 0 unspecified atom stereocenters. The maximum atomic E-state index is 5.59. The van der Waals surface area contributed by atoms with Gasteiger partial charge in [-0.2, -0.15) is 5.10 Å². The molecule has 0 aliphatic carbocycles. The Morgan fingerprint density at radius 2 is 2.42 bits per heavy atom. The van der Waals surface area contributed by atoms with Crippen molar-refractivity contribution in [1.29, 1.82) is 0 Å². The Labute approximate surface area is 82.3 Å². The fourth-order valence-corrected chi connectivity index (χ4v) is 0.963.